The average Bonchev–Trinajstić information content (AvgIpc) is 2.70. The Kier molecular flexibility index (Phi) is 5.86. The molecule has 2 amide bonds. The normalized spacial score (nSPS) is 10.2. The minimum atomic E-state index is -0.526. The quantitative estimate of drug-likeness (QED) is 0.667. The van der Waals surface area contributed by atoms with Crippen LogP contribution in [0.2, 0.25) is 5.02 Å². The second-order valence-corrected chi connectivity index (χ2v) is 6.13. The fraction of sp³-hybridized carbons (Fsp3) is 0.0500. The van der Waals surface area contributed by atoms with Crippen molar-refractivity contribution >= 4 is 34.8 Å². The molecule has 0 saturated carbocycles. The Labute approximate surface area is 165 Å². The third-order valence-electron chi connectivity index (χ3n) is 3.77. The van der Waals surface area contributed by atoms with Crippen molar-refractivity contribution in [3.05, 3.63) is 82.9 Å². The molecule has 0 spiro atoms. The van der Waals surface area contributed by atoms with Crippen LogP contribution in [0.25, 0.3) is 0 Å². The van der Waals surface area contributed by atoms with Crippen molar-refractivity contribution in [3.63, 3.8) is 0 Å². The summed E-state index contributed by atoms with van der Waals surface area (Å²) in [5, 5.41) is 5.72. The molecule has 6 nitrogen and oxygen atoms in total. The van der Waals surface area contributed by atoms with Gasteiger partial charge in [-0.3, -0.25) is 14.6 Å². The van der Waals surface area contributed by atoms with Crippen LogP contribution in [0.1, 0.15) is 20.8 Å². The van der Waals surface area contributed by atoms with Gasteiger partial charge in [-0.25, -0.2) is 4.39 Å². The smallest absolute Gasteiger partial charge is 0.274 e. The number of anilines is 2. The van der Waals surface area contributed by atoms with Crippen molar-refractivity contribution in [2.75, 3.05) is 17.7 Å². The van der Waals surface area contributed by atoms with Crippen LogP contribution >= 0.6 is 11.6 Å². The van der Waals surface area contributed by atoms with Gasteiger partial charge in [-0.1, -0.05) is 11.6 Å². The Balaban J connectivity index is 1.77. The number of rotatable bonds is 5. The molecule has 1 heterocycles. The maximum Gasteiger partial charge on any atom is 0.274 e. The predicted octanol–water partition coefficient (Wildman–Crippen LogP) is 4.39. The van der Waals surface area contributed by atoms with Crippen molar-refractivity contribution in [1.29, 1.82) is 0 Å². The highest BCUT2D eigenvalue weighted by atomic mass is 35.5. The molecule has 0 saturated heterocycles. The van der Waals surface area contributed by atoms with Gasteiger partial charge in [-0.2, -0.15) is 0 Å². The van der Waals surface area contributed by atoms with Gasteiger partial charge in [0.2, 0.25) is 0 Å². The number of nitrogens with zero attached hydrogens (tertiary/aromatic N) is 1. The Hall–Kier alpha value is -3.45. The average molecular weight is 400 g/mol. The maximum atomic E-state index is 13.0. The molecule has 0 aliphatic heterocycles. The molecule has 0 atom stereocenters. The van der Waals surface area contributed by atoms with Crippen LogP contribution in [0.5, 0.6) is 5.75 Å². The van der Waals surface area contributed by atoms with Crippen LogP contribution in [0.4, 0.5) is 15.8 Å². The van der Waals surface area contributed by atoms with Gasteiger partial charge in [-0.05, 0) is 54.6 Å². The van der Waals surface area contributed by atoms with Crippen molar-refractivity contribution in [1.82, 2.24) is 4.98 Å². The number of ether oxygens (including phenoxy) is 1. The lowest BCUT2D eigenvalue weighted by Gasteiger charge is -2.11. The molecule has 8 heteroatoms. The van der Waals surface area contributed by atoms with Gasteiger partial charge < -0.3 is 15.4 Å². The van der Waals surface area contributed by atoms with Crippen LogP contribution in [-0.2, 0) is 0 Å². The van der Waals surface area contributed by atoms with Gasteiger partial charge in [0.1, 0.15) is 17.3 Å². The van der Waals surface area contributed by atoms with Crippen LogP contribution in [0.15, 0.2) is 60.8 Å². The van der Waals surface area contributed by atoms with Gasteiger partial charge in [0.15, 0.2) is 0 Å². The van der Waals surface area contributed by atoms with Gasteiger partial charge >= 0.3 is 0 Å². The summed E-state index contributed by atoms with van der Waals surface area (Å²) in [6, 6.07) is 13.0. The summed E-state index contributed by atoms with van der Waals surface area (Å²) < 4.78 is 18.2. The van der Waals surface area contributed by atoms with E-state index >= 15 is 0 Å². The van der Waals surface area contributed by atoms with Gasteiger partial charge in [0.25, 0.3) is 11.8 Å². The minimum absolute atomic E-state index is 0.0371. The van der Waals surface area contributed by atoms with Crippen LogP contribution < -0.4 is 15.4 Å². The Morgan fingerprint density at radius 3 is 2.46 bits per heavy atom. The van der Waals surface area contributed by atoms with E-state index in [0.29, 0.717) is 22.1 Å². The number of pyridine rings is 1. The summed E-state index contributed by atoms with van der Waals surface area (Å²) in [6.07, 6.45) is 1.35. The lowest BCUT2D eigenvalue weighted by atomic mass is 10.2. The molecule has 0 unspecified atom stereocenters. The van der Waals surface area contributed by atoms with Crippen molar-refractivity contribution < 1.29 is 18.7 Å². The fourth-order valence-corrected chi connectivity index (χ4v) is 2.57. The van der Waals surface area contributed by atoms with Gasteiger partial charge in [-0.15, -0.1) is 0 Å². The number of carbonyl (C=O) groups excluding carboxylic acids is 2. The summed E-state index contributed by atoms with van der Waals surface area (Å²) in [6.45, 7) is 0. The first-order valence-corrected chi connectivity index (χ1v) is 8.52. The number of nitrogens with one attached hydrogen (secondary N) is 2. The zero-order valence-corrected chi connectivity index (χ0v) is 15.5. The van der Waals surface area contributed by atoms with Gasteiger partial charge in [0, 0.05) is 22.5 Å². The molecular formula is C20H15ClFN3O3. The van der Waals surface area contributed by atoms with Crippen LogP contribution in [0, 0.1) is 5.82 Å². The molecule has 2 aromatic carbocycles. The Morgan fingerprint density at radius 1 is 1.00 bits per heavy atom. The van der Waals surface area contributed by atoms with E-state index in [1.807, 2.05) is 0 Å². The molecule has 3 aromatic rings. The molecule has 0 aliphatic rings. The van der Waals surface area contributed by atoms with Crippen molar-refractivity contribution in [3.8, 4) is 5.75 Å². The van der Waals surface area contributed by atoms with Crippen LogP contribution in [-0.4, -0.2) is 23.9 Å². The fourth-order valence-electron chi connectivity index (χ4n) is 2.40. The number of hydrogen-bond donors (Lipinski definition) is 2. The first-order valence-electron chi connectivity index (χ1n) is 8.14. The van der Waals surface area contributed by atoms with E-state index in [2.05, 4.69) is 15.6 Å². The van der Waals surface area contributed by atoms with E-state index < -0.39 is 17.6 Å². The molecule has 0 bridgehead atoms. The first-order chi connectivity index (χ1) is 13.5. The summed E-state index contributed by atoms with van der Waals surface area (Å²) in [5.74, 6) is -0.951. The van der Waals surface area contributed by atoms with E-state index in [1.54, 1.807) is 18.2 Å². The lowest BCUT2D eigenvalue weighted by Crippen LogP contribution is -2.17. The summed E-state index contributed by atoms with van der Waals surface area (Å²) in [7, 11) is 1.48. The first kappa shape index (κ1) is 19.3. The van der Waals surface area contributed by atoms with Crippen LogP contribution in [0.3, 0.4) is 0 Å². The van der Waals surface area contributed by atoms with Gasteiger partial charge in [0.05, 0.1) is 12.8 Å². The summed E-state index contributed by atoms with van der Waals surface area (Å²) >= 11 is 5.96. The number of carbonyl (C=O) groups is 2. The van der Waals surface area contributed by atoms with E-state index in [4.69, 9.17) is 16.3 Å². The molecule has 1 aromatic heterocycles. The monoisotopic (exact) mass is 399 g/mol. The standard InChI is InChI=1S/C20H15ClFN3O3/c1-28-18-7-2-13(21)11-16(18)25-19(26)12-8-9-23-17(10-12)20(27)24-15-5-3-14(22)4-6-15/h2-11H,1H3,(H,24,27)(H,25,26). The Morgan fingerprint density at radius 2 is 1.75 bits per heavy atom. The number of aromatic nitrogens is 1. The van der Waals surface area contributed by atoms with E-state index in [-0.39, 0.29) is 11.3 Å². The molecule has 2 N–H and O–H groups in total. The maximum absolute atomic E-state index is 13.0. The molecular weight excluding hydrogens is 385 g/mol. The SMILES string of the molecule is COc1ccc(Cl)cc1NC(=O)c1ccnc(C(=O)Nc2ccc(F)cc2)c1. The predicted molar refractivity (Wildman–Crippen MR) is 105 cm³/mol. The van der Waals surface area contributed by atoms with E-state index in [9.17, 15) is 14.0 Å². The molecule has 3 rings (SSSR count). The molecule has 142 valence electrons. The number of amides is 2. The second-order valence-electron chi connectivity index (χ2n) is 5.69. The zero-order valence-electron chi connectivity index (χ0n) is 14.7. The largest absolute Gasteiger partial charge is 0.495 e. The molecule has 28 heavy (non-hydrogen) atoms. The highest BCUT2D eigenvalue weighted by Crippen LogP contribution is 2.28. The third kappa shape index (κ3) is 4.63. The summed E-state index contributed by atoms with van der Waals surface area (Å²) in [5.41, 5.74) is 1.07. The topological polar surface area (TPSA) is 80.3 Å². The van der Waals surface area contributed by atoms with Crippen molar-refractivity contribution in [2.24, 2.45) is 0 Å². The zero-order chi connectivity index (χ0) is 20.1. The number of hydrogen-bond acceptors (Lipinski definition) is 4. The molecule has 0 aliphatic carbocycles. The highest BCUT2D eigenvalue weighted by Gasteiger charge is 2.14. The van der Waals surface area contributed by atoms with E-state index in [1.165, 1.54) is 49.7 Å². The lowest BCUT2D eigenvalue weighted by molar-refractivity contribution is 0.102. The second kappa shape index (κ2) is 8.49. The highest BCUT2D eigenvalue weighted by molar-refractivity contribution is 6.31. The summed E-state index contributed by atoms with van der Waals surface area (Å²) in [4.78, 5) is 28.9. The Bertz CT molecular complexity index is 1030. The number of benzene rings is 2. The molecule has 0 fully saturated rings. The van der Waals surface area contributed by atoms with E-state index in [0.717, 1.165) is 0 Å². The number of halogens is 2. The third-order valence-corrected chi connectivity index (χ3v) is 4.00. The molecule has 0 radical (unpaired) electrons. The minimum Gasteiger partial charge on any atom is -0.495 e. The number of methoxy groups -OCH3 is 1. The van der Waals surface area contributed by atoms with Crippen molar-refractivity contribution in [2.45, 2.75) is 0 Å².